The van der Waals surface area contributed by atoms with Crippen LogP contribution in [0.5, 0.6) is 5.75 Å². The molecular weight excluding hydrogens is 326 g/mol. The minimum absolute atomic E-state index is 0.147. The minimum Gasteiger partial charge on any atom is -0.494 e. The number of carbonyl (C=O) groups excluding carboxylic acids is 1. The van der Waals surface area contributed by atoms with Crippen LogP contribution < -0.4 is 10.1 Å². The van der Waals surface area contributed by atoms with Crippen molar-refractivity contribution < 1.29 is 14.3 Å². The number of esters is 1. The van der Waals surface area contributed by atoms with Gasteiger partial charge >= 0.3 is 5.97 Å². The van der Waals surface area contributed by atoms with E-state index in [0.29, 0.717) is 18.7 Å². The van der Waals surface area contributed by atoms with Gasteiger partial charge in [-0.25, -0.2) is 4.79 Å². The standard InChI is InChI=1S/C22H29NO3/c1-16-7-12-20(19(15-16)21(24)25-5)23-13-6-14-26-18-10-8-17(9-11-18)22(2,3)4/h7-12,15,23H,6,13-14H2,1-5H3. The lowest BCUT2D eigenvalue weighted by molar-refractivity contribution is 0.0601. The normalized spacial score (nSPS) is 11.1. The maximum absolute atomic E-state index is 11.9. The number of aryl methyl sites for hydroxylation is 1. The smallest absolute Gasteiger partial charge is 0.339 e. The molecule has 0 aliphatic rings. The first-order valence-electron chi connectivity index (χ1n) is 8.97. The van der Waals surface area contributed by atoms with Crippen LogP contribution in [0.15, 0.2) is 42.5 Å². The van der Waals surface area contributed by atoms with E-state index < -0.39 is 0 Å². The number of ether oxygens (including phenoxy) is 2. The van der Waals surface area contributed by atoms with Crippen molar-refractivity contribution in [2.75, 3.05) is 25.6 Å². The lowest BCUT2D eigenvalue weighted by Crippen LogP contribution is -2.12. The van der Waals surface area contributed by atoms with Gasteiger partial charge in [0.05, 0.1) is 19.3 Å². The molecule has 1 N–H and O–H groups in total. The summed E-state index contributed by atoms with van der Waals surface area (Å²) < 4.78 is 10.6. The highest BCUT2D eigenvalue weighted by molar-refractivity contribution is 5.95. The molecule has 0 aliphatic heterocycles. The van der Waals surface area contributed by atoms with Gasteiger partial charge in [-0.3, -0.25) is 0 Å². The number of carbonyl (C=O) groups is 1. The van der Waals surface area contributed by atoms with Gasteiger partial charge in [-0.05, 0) is 48.6 Å². The fraction of sp³-hybridized carbons (Fsp3) is 0.409. The molecule has 0 atom stereocenters. The van der Waals surface area contributed by atoms with Crippen molar-refractivity contribution in [1.82, 2.24) is 0 Å². The maximum atomic E-state index is 11.9. The molecule has 140 valence electrons. The molecule has 0 amide bonds. The van der Waals surface area contributed by atoms with E-state index in [2.05, 4.69) is 38.2 Å². The van der Waals surface area contributed by atoms with E-state index in [9.17, 15) is 4.79 Å². The SMILES string of the molecule is COC(=O)c1cc(C)ccc1NCCCOc1ccc(C(C)(C)C)cc1. The first kappa shape index (κ1) is 19.8. The topological polar surface area (TPSA) is 47.6 Å². The first-order valence-corrected chi connectivity index (χ1v) is 8.97. The Labute approximate surface area is 156 Å². The zero-order chi connectivity index (χ0) is 19.2. The predicted molar refractivity (Wildman–Crippen MR) is 106 cm³/mol. The van der Waals surface area contributed by atoms with Gasteiger partial charge in [0.25, 0.3) is 0 Å². The van der Waals surface area contributed by atoms with Crippen LogP contribution in [0.25, 0.3) is 0 Å². The largest absolute Gasteiger partial charge is 0.494 e. The van der Waals surface area contributed by atoms with Gasteiger partial charge in [0.15, 0.2) is 0 Å². The summed E-state index contributed by atoms with van der Waals surface area (Å²) in [5.74, 6) is 0.551. The number of anilines is 1. The number of benzene rings is 2. The lowest BCUT2D eigenvalue weighted by atomic mass is 9.87. The summed E-state index contributed by atoms with van der Waals surface area (Å²) in [7, 11) is 1.40. The highest BCUT2D eigenvalue weighted by Gasteiger charge is 2.13. The molecule has 0 saturated carbocycles. The zero-order valence-electron chi connectivity index (χ0n) is 16.4. The Kier molecular flexibility index (Phi) is 6.67. The van der Waals surface area contributed by atoms with Crippen LogP contribution in [-0.2, 0) is 10.2 Å². The molecule has 0 spiro atoms. The van der Waals surface area contributed by atoms with Crippen molar-refractivity contribution in [3.8, 4) is 5.75 Å². The van der Waals surface area contributed by atoms with Crippen LogP contribution in [0.3, 0.4) is 0 Å². The lowest BCUT2D eigenvalue weighted by Gasteiger charge is -2.19. The number of methoxy groups -OCH3 is 1. The number of rotatable bonds is 7. The van der Waals surface area contributed by atoms with Crippen LogP contribution in [0, 0.1) is 6.92 Å². The summed E-state index contributed by atoms with van der Waals surface area (Å²) in [6.07, 6.45) is 0.829. The Balaban J connectivity index is 1.82. The Morgan fingerprint density at radius 1 is 1.08 bits per heavy atom. The minimum atomic E-state index is -0.327. The maximum Gasteiger partial charge on any atom is 0.339 e. The highest BCUT2D eigenvalue weighted by atomic mass is 16.5. The quantitative estimate of drug-likeness (QED) is 0.563. The van der Waals surface area contributed by atoms with Crippen LogP contribution in [0.1, 0.15) is 48.7 Å². The highest BCUT2D eigenvalue weighted by Crippen LogP contribution is 2.24. The Bertz CT molecular complexity index is 730. The van der Waals surface area contributed by atoms with Crippen LogP contribution in [0.4, 0.5) is 5.69 Å². The van der Waals surface area contributed by atoms with Crippen LogP contribution in [0.2, 0.25) is 0 Å². The van der Waals surface area contributed by atoms with E-state index in [4.69, 9.17) is 9.47 Å². The van der Waals surface area contributed by atoms with Gasteiger partial charge in [-0.1, -0.05) is 44.5 Å². The molecule has 0 bridgehead atoms. The third-order valence-electron chi connectivity index (χ3n) is 4.21. The Morgan fingerprint density at radius 2 is 1.77 bits per heavy atom. The second-order valence-corrected chi connectivity index (χ2v) is 7.44. The van der Waals surface area contributed by atoms with E-state index in [1.165, 1.54) is 12.7 Å². The van der Waals surface area contributed by atoms with Gasteiger partial charge < -0.3 is 14.8 Å². The summed E-state index contributed by atoms with van der Waals surface area (Å²) in [4.78, 5) is 11.9. The van der Waals surface area contributed by atoms with E-state index >= 15 is 0 Å². The van der Waals surface area contributed by atoms with Gasteiger partial charge in [0.1, 0.15) is 5.75 Å². The van der Waals surface area contributed by atoms with E-state index in [1.807, 2.05) is 37.3 Å². The van der Waals surface area contributed by atoms with E-state index in [1.54, 1.807) is 0 Å². The average molecular weight is 355 g/mol. The number of nitrogens with one attached hydrogen (secondary N) is 1. The first-order chi connectivity index (χ1) is 12.3. The fourth-order valence-electron chi connectivity index (χ4n) is 2.63. The number of hydrogen-bond donors (Lipinski definition) is 1. The predicted octanol–water partition coefficient (Wildman–Crippen LogP) is 4.96. The molecule has 2 rings (SSSR count). The van der Waals surface area contributed by atoms with Crippen LogP contribution in [-0.4, -0.2) is 26.2 Å². The van der Waals surface area contributed by atoms with Crippen molar-refractivity contribution in [1.29, 1.82) is 0 Å². The summed E-state index contributed by atoms with van der Waals surface area (Å²) in [5, 5.41) is 3.29. The van der Waals surface area contributed by atoms with Gasteiger partial charge in [-0.15, -0.1) is 0 Å². The van der Waals surface area contributed by atoms with Crippen LogP contribution >= 0.6 is 0 Å². The Hall–Kier alpha value is -2.49. The monoisotopic (exact) mass is 355 g/mol. The molecule has 0 aromatic heterocycles. The van der Waals surface area contributed by atoms with Gasteiger partial charge in [0.2, 0.25) is 0 Å². The molecule has 0 aliphatic carbocycles. The molecule has 0 saturated heterocycles. The van der Waals surface area contributed by atoms with Crippen molar-refractivity contribution in [2.24, 2.45) is 0 Å². The molecule has 2 aromatic rings. The third kappa shape index (κ3) is 5.51. The summed E-state index contributed by atoms with van der Waals surface area (Å²) in [6, 6.07) is 14.0. The van der Waals surface area contributed by atoms with Gasteiger partial charge in [-0.2, -0.15) is 0 Å². The molecule has 4 nitrogen and oxygen atoms in total. The van der Waals surface area contributed by atoms with E-state index in [-0.39, 0.29) is 11.4 Å². The van der Waals surface area contributed by atoms with Gasteiger partial charge in [0, 0.05) is 12.2 Å². The summed E-state index contributed by atoms with van der Waals surface area (Å²) in [5.41, 5.74) is 3.82. The molecule has 0 unspecified atom stereocenters. The third-order valence-corrected chi connectivity index (χ3v) is 4.21. The van der Waals surface area contributed by atoms with Crippen molar-refractivity contribution in [3.63, 3.8) is 0 Å². The second kappa shape index (κ2) is 8.75. The van der Waals surface area contributed by atoms with Crippen molar-refractivity contribution >= 4 is 11.7 Å². The van der Waals surface area contributed by atoms with Crippen molar-refractivity contribution in [3.05, 3.63) is 59.2 Å². The Morgan fingerprint density at radius 3 is 2.38 bits per heavy atom. The van der Waals surface area contributed by atoms with E-state index in [0.717, 1.165) is 23.4 Å². The molecule has 0 fully saturated rings. The zero-order valence-corrected chi connectivity index (χ0v) is 16.4. The molecule has 0 radical (unpaired) electrons. The summed E-state index contributed by atoms with van der Waals surface area (Å²) in [6.45, 7) is 9.87. The molecule has 2 aromatic carbocycles. The molecule has 26 heavy (non-hydrogen) atoms. The van der Waals surface area contributed by atoms with Crippen molar-refractivity contribution in [2.45, 2.75) is 39.5 Å². The molecule has 0 heterocycles. The number of hydrogen-bond acceptors (Lipinski definition) is 4. The fourth-order valence-corrected chi connectivity index (χ4v) is 2.63. The molecule has 4 heteroatoms. The molecular formula is C22H29NO3. The average Bonchev–Trinajstić information content (AvgIpc) is 2.61. The second-order valence-electron chi connectivity index (χ2n) is 7.44. The summed E-state index contributed by atoms with van der Waals surface area (Å²) >= 11 is 0.